The number of ether oxygens (including phenoxy) is 2. The summed E-state index contributed by atoms with van der Waals surface area (Å²) in [6.45, 7) is 4.58. The first-order valence-corrected chi connectivity index (χ1v) is 11.4. The lowest BCUT2D eigenvalue weighted by atomic mass is 10.3. The van der Waals surface area contributed by atoms with Crippen LogP contribution in [0.2, 0.25) is 0 Å². The molecule has 1 amide bonds. The van der Waals surface area contributed by atoms with Crippen LogP contribution in [0.1, 0.15) is 0 Å². The van der Waals surface area contributed by atoms with Crippen molar-refractivity contribution < 1.29 is 14.3 Å². The number of nitrogens with zero attached hydrogens (tertiary/aromatic N) is 6. The van der Waals surface area contributed by atoms with Crippen LogP contribution in [0.5, 0.6) is 5.75 Å². The fourth-order valence-corrected chi connectivity index (χ4v) is 4.81. The molecule has 1 saturated heterocycles. The SMILES string of the molecule is COc1ccc2nc(N(CCN3CCOCC3)C(=O)Cn3nnc4ccccc43)sc2c1. The van der Waals surface area contributed by atoms with Crippen molar-refractivity contribution in [3.05, 3.63) is 42.5 Å². The standard InChI is InChI=1S/C22H24N6O3S/c1-30-16-6-7-18-20(14-16)32-22(23-18)27(9-8-26-10-12-31-13-11-26)21(29)15-28-19-5-3-2-4-17(19)24-25-28/h2-7,14H,8-13,15H2,1H3. The molecule has 2 aromatic carbocycles. The molecule has 0 atom stereocenters. The van der Waals surface area contributed by atoms with Crippen LogP contribution >= 0.6 is 11.3 Å². The Hall–Kier alpha value is -3.08. The summed E-state index contributed by atoms with van der Waals surface area (Å²) in [4.78, 5) is 22.3. The third-order valence-corrected chi connectivity index (χ3v) is 6.61. The van der Waals surface area contributed by atoms with E-state index in [0.29, 0.717) is 11.7 Å². The Kier molecular flexibility index (Phi) is 5.97. The molecule has 0 spiro atoms. The number of thiazole rings is 1. The highest BCUT2D eigenvalue weighted by molar-refractivity contribution is 7.22. The van der Waals surface area contributed by atoms with Gasteiger partial charge in [-0.15, -0.1) is 5.10 Å². The molecular formula is C22H24N6O3S. The molecule has 5 rings (SSSR count). The topological polar surface area (TPSA) is 85.6 Å². The second kappa shape index (κ2) is 9.19. The van der Waals surface area contributed by atoms with Gasteiger partial charge < -0.3 is 9.47 Å². The molecule has 0 saturated carbocycles. The average molecular weight is 453 g/mol. The highest BCUT2D eigenvalue weighted by Gasteiger charge is 2.23. The molecule has 0 unspecified atom stereocenters. The number of methoxy groups -OCH3 is 1. The van der Waals surface area contributed by atoms with Gasteiger partial charge in [-0.3, -0.25) is 14.6 Å². The molecule has 166 valence electrons. The molecule has 1 fully saturated rings. The largest absolute Gasteiger partial charge is 0.497 e. The van der Waals surface area contributed by atoms with Crippen molar-refractivity contribution in [1.29, 1.82) is 0 Å². The Morgan fingerprint density at radius 1 is 1.19 bits per heavy atom. The van der Waals surface area contributed by atoms with Gasteiger partial charge in [0.15, 0.2) is 5.13 Å². The third kappa shape index (κ3) is 4.29. The van der Waals surface area contributed by atoms with E-state index < -0.39 is 0 Å². The summed E-state index contributed by atoms with van der Waals surface area (Å²) in [7, 11) is 1.64. The highest BCUT2D eigenvalue weighted by Crippen LogP contribution is 2.31. The number of carbonyl (C=O) groups excluding carboxylic acids is 1. The Labute approximate surface area is 189 Å². The van der Waals surface area contributed by atoms with Crippen molar-refractivity contribution in [3.63, 3.8) is 0 Å². The van der Waals surface area contributed by atoms with Crippen molar-refractivity contribution in [3.8, 4) is 5.75 Å². The second-order valence-corrected chi connectivity index (χ2v) is 8.57. The highest BCUT2D eigenvalue weighted by atomic mass is 32.1. The number of aromatic nitrogens is 4. The lowest BCUT2D eigenvalue weighted by Gasteiger charge is -2.29. The summed E-state index contributed by atoms with van der Waals surface area (Å²) in [6, 6.07) is 13.4. The number of benzene rings is 2. The molecule has 0 N–H and O–H groups in total. The van der Waals surface area contributed by atoms with Gasteiger partial charge in [-0.2, -0.15) is 0 Å². The number of carbonyl (C=O) groups is 1. The zero-order chi connectivity index (χ0) is 21.9. The van der Waals surface area contributed by atoms with Gasteiger partial charge in [-0.1, -0.05) is 28.7 Å². The average Bonchev–Trinajstić information content (AvgIpc) is 3.43. The summed E-state index contributed by atoms with van der Waals surface area (Å²) in [5.41, 5.74) is 2.46. The molecule has 0 radical (unpaired) electrons. The monoisotopic (exact) mass is 452 g/mol. The number of morpholine rings is 1. The smallest absolute Gasteiger partial charge is 0.250 e. The molecule has 4 aromatic rings. The number of hydrogen-bond acceptors (Lipinski definition) is 8. The lowest BCUT2D eigenvalue weighted by molar-refractivity contribution is -0.119. The van der Waals surface area contributed by atoms with E-state index in [4.69, 9.17) is 14.5 Å². The number of para-hydroxylation sites is 1. The van der Waals surface area contributed by atoms with Gasteiger partial charge in [-0.25, -0.2) is 9.67 Å². The van der Waals surface area contributed by atoms with E-state index in [1.54, 1.807) is 16.7 Å². The molecule has 0 aliphatic carbocycles. The molecule has 32 heavy (non-hydrogen) atoms. The molecule has 3 heterocycles. The van der Waals surface area contributed by atoms with Crippen molar-refractivity contribution in [2.45, 2.75) is 6.54 Å². The zero-order valence-electron chi connectivity index (χ0n) is 17.8. The Morgan fingerprint density at radius 3 is 2.88 bits per heavy atom. The minimum Gasteiger partial charge on any atom is -0.497 e. The number of amides is 1. The fourth-order valence-electron chi connectivity index (χ4n) is 3.78. The molecular weight excluding hydrogens is 428 g/mol. The maximum atomic E-state index is 13.5. The van der Waals surface area contributed by atoms with E-state index >= 15 is 0 Å². The van der Waals surface area contributed by atoms with E-state index in [1.165, 1.54) is 11.3 Å². The first kappa shape index (κ1) is 20.8. The van der Waals surface area contributed by atoms with Crippen LogP contribution in [0.15, 0.2) is 42.5 Å². The first-order chi connectivity index (χ1) is 15.7. The van der Waals surface area contributed by atoms with Crippen molar-refractivity contribution in [1.82, 2.24) is 24.9 Å². The summed E-state index contributed by atoms with van der Waals surface area (Å²) < 4.78 is 13.4. The minimum atomic E-state index is -0.0695. The minimum absolute atomic E-state index is 0.0695. The maximum absolute atomic E-state index is 13.5. The second-order valence-electron chi connectivity index (χ2n) is 7.57. The van der Waals surface area contributed by atoms with Gasteiger partial charge in [0.05, 0.1) is 36.1 Å². The molecule has 1 aliphatic heterocycles. The van der Waals surface area contributed by atoms with Crippen LogP contribution in [0.25, 0.3) is 21.3 Å². The predicted octanol–water partition coefficient (Wildman–Crippen LogP) is 2.42. The zero-order valence-corrected chi connectivity index (χ0v) is 18.6. The Bertz CT molecular complexity index is 1230. The number of fused-ring (bicyclic) bond motifs is 2. The molecule has 1 aliphatic rings. The van der Waals surface area contributed by atoms with Crippen LogP contribution in [-0.4, -0.2) is 77.3 Å². The van der Waals surface area contributed by atoms with Gasteiger partial charge >= 0.3 is 0 Å². The normalized spacial score (nSPS) is 14.8. The predicted molar refractivity (Wildman–Crippen MR) is 123 cm³/mol. The summed E-state index contributed by atoms with van der Waals surface area (Å²) in [5.74, 6) is 0.702. The van der Waals surface area contributed by atoms with E-state index in [1.807, 2.05) is 42.5 Å². The van der Waals surface area contributed by atoms with Crippen molar-refractivity contribution in [2.75, 3.05) is 51.4 Å². The van der Waals surface area contributed by atoms with E-state index in [0.717, 1.165) is 59.8 Å². The fraction of sp³-hybridized carbons (Fsp3) is 0.364. The number of hydrogen-bond donors (Lipinski definition) is 0. The van der Waals surface area contributed by atoms with Crippen LogP contribution in [-0.2, 0) is 16.1 Å². The van der Waals surface area contributed by atoms with Crippen LogP contribution < -0.4 is 9.64 Å². The molecule has 10 heteroatoms. The van der Waals surface area contributed by atoms with E-state index in [2.05, 4.69) is 15.2 Å². The molecule has 0 bridgehead atoms. The van der Waals surface area contributed by atoms with E-state index in [9.17, 15) is 4.79 Å². The Balaban J connectivity index is 1.42. The van der Waals surface area contributed by atoms with Gasteiger partial charge in [0.2, 0.25) is 0 Å². The van der Waals surface area contributed by atoms with Gasteiger partial charge in [0, 0.05) is 26.2 Å². The Morgan fingerprint density at radius 2 is 2.03 bits per heavy atom. The summed E-state index contributed by atoms with van der Waals surface area (Å²) in [5, 5.41) is 9.03. The summed E-state index contributed by atoms with van der Waals surface area (Å²) in [6.07, 6.45) is 0. The van der Waals surface area contributed by atoms with Crippen LogP contribution in [0.3, 0.4) is 0 Å². The van der Waals surface area contributed by atoms with Gasteiger partial charge in [0.25, 0.3) is 5.91 Å². The van der Waals surface area contributed by atoms with Gasteiger partial charge in [0.1, 0.15) is 17.8 Å². The van der Waals surface area contributed by atoms with E-state index in [-0.39, 0.29) is 12.5 Å². The number of anilines is 1. The van der Waals surface area contributed by atoms with Gasteiger partial charge in [-0.05, 0) is 30.3 Å². The molecule has 9 nitrogen and oxygen atoms in total. The lowest BCUT2D eigenvalue weighted by Crippen LogP contribution is -2.44. The quantitative estimate of drug-likeness (QED) is 0.426. The van der Waals surface area contributed by atoms with Crippen molar-refractivity contribution in [2.24, 2.45) is 0 Å². The van der Waals surface area contributed by atoms with Crippen LogP contribution in [0, 0.1) is 0 Å². The third-order valence-electron chi connectivity index (χ3n) is 5.57. The number of rotatable bonds is 7. The summed E-state index contributed by atoms with van der Waals surface area (Å²) >= 11 is 1.49. The van der Waals surface area contributed by atoms with Crippen molar-refractivity contribution >= 4 is 43.6 Å². The van der Waals surface area contributed by atoms with Crippen LogP contribution in [0.4, 0.5) is 5.13 Å². The maximum Gasteiger partial charge on any atom is 0.250 e. The molecule has 2 aromatic heterocycles. The first-order valence-electron chi connectivity index (χ1n) is 10.5.